The number of rotatable bonds is 7. The number of carbonyl (C=O) groups is 1. The first-order valence-electron chi connectivity index (χ1n) is 11.0. The number of nitrogens with zero attached hydrogens (tertiary/aromatic N) is 1. The van der Waals surface area contributed by atoms with Crippen LogP contribution in [0.1, 0.15) is 40.4 Å². The van der Waals surface area contributed by atoms with Crippen molar-refractivity contribution in [3.05, 3.63) is 83.4 Å². The molecule has 0 radical (unpaired) electrons. The molecule has 3 aromatic carbocycles. The fourth-order valence-electron chi connectivity index (χ4n) is 4.22. The fraction of sp³-hybridized carbons (Fsp3) is 0.269. The van der Waals surface area contributed by atoms with Crippen molar-refractivity contribution in [2.45, 2.75) is 30.7 Å². The minimum atomic E-state index is -3.99. The second kappa shape index (κ2) is 9.77. The Morgan fingerprint density at radius 1 is 1.00 bits per heavy atom. The molecule has 1 amide bonds. The van der Waals surface area contributed by atoms with Gasteiger partial charge in [-0.3, -0.25) is 9.52 Å². The van der Waals surface area contributed by atoms with Crippen molar-refractivity contribution in [1.82, 2.24) is 4.90 Å². The van der Waals surface area contributed by atoms with Crippen LogP contribution in [0.25, 0.3) is 0 Å². The summed E-state index contributed by atoms with van der Waals surface area (Å²) in [5, 5.41) is 0. The van der Waals surface area contributed by atoms with Crippen LogP contribution in [-0.2, 0) is 10.0 Å². The maximum absolute atomic E-state index is 13.5. The van der Waals surface area contributed by atoms with E-state index < -0.39 is 10.0 Å². The number of nitrogens with one attached hydrogen (secondary N) is 1. The highest BCUT2D eigenvalue weighted by atomic mass is 32.2. The summed E-state index contributed by atoms with van der Waals surface area (Å²) in [5.74, 6) is 0.679. The average Bonchev–Trinajstić information content (AvgIpc) is 3.34. The Labute approximate surface area is 200 Å². The molecule has 0 aromatic heterocycles. The highest BCUT2D eigenvalue weighted by molar-refractivity contribution is 7.92. The molecule has 8 heteroatoms. The molecule has 1 aliphatic heterocycles. The van der Waals surface area contributed by atoms with E-state index >= 15 is 0 Å². The van der Waals surface area contributed by atoms with Crippen LogP contribution in [0, 0.1) is 6.92 Å². The van der Waals surface area contributed by atoms with Crippen molar-refractivity contribution in [3.8, 4) is 11.5 Å². The molecular formula is C26H28N2O5S. The van der Waals surface area contributed by atoms with Gasteiger partial charge in [-0.2, -0.15) is 0 Å². The predicted molar refractivity (Wildman–Crippen MR) is 131 cm³/mol. The molecule has 4 rings (SSSR count). The SMILES string of the molecule is COc1cccc(C2CCCN2C(=O)c2ccc(OC)c(S(=O)(=O)Nc3ccc(C)cc3)c2)c1. The second-order valence-electron chi connectivity index (χ2n) is 8.27. The zero-order valence-electron chi connectivity index (χ0n) is 19.4. The number of ether oxygens (including phenoxy) is 2. The molecule has 1 aliphatic rings. The standard InChI is InChI=1S/C26H28N2O5S/c1-18-9-12-21(13-10-18)27-34(30,31)25-17-20(11-14-24(25)33-3)26(29)28-15-5-8-23(28)19-6-4-7-22(16-19)32-2/h4,6-7,9-14,16-17,23,27H,5,8,15H2,1-3H3. The number of likely N-dealkylation sites (tertiary alicyclic amines) is 1. The van der Waals surface area contributed by atoms with Gasteiger partial charge in [-0.1, -0.05) is 29.8 Å². The van der Waals surface area contributed by atoms with E-state index in [-0.39, 0.29) is 22.6 Å². The number of aryl methyl sites for hydroxylation is 1. The van der Waals surface area contributed by atoms with Gasteiger partial charge in [-0.05, 0) is 67.8 Å². The van der Waals surface area contributed by atoms with Gasteiger partial charge in [0.2, 0.25) is 0 Å². The number of amides is 1. The lowest BCUT2D eigenvalue weighted by Crippen LogP contribution is -2.30. The summed E-state index contributed by atoms with van der Waals surface area (Å²) in [5.41, 5.74) is 2.74. The molecule has 1 atom stereocenters. The van der Waals surface area contributed by atoms with Crippen LogP contribution >= 0.6 is 0 Å². The second-order valence-corrected chi connectivity index (χ2v) is 9.92. The molecule has 0 saturated carbocycles. The van der Waals surface area contributed by atoms with Crippen LogP contribution in [0.3, 0.4) is 0 Å². The maximum atomic E-state index is 13.5. The number of carbonyl (C=O) groups excluding carboxylic acids is 1. The van der Waals surface area contributed by atoms with Crippen molar-refractivity contribution in [2.24, 2.45) is 0 Å². The smallest absolute Gasteiger partial charge is 0.265 e. The highest BCUT2D eigenvalue weighted by Crippen LogP contribution is 2.35. The van der Waals surface area contributed by atoms with Crippen molar-refractivity contribution in [3.63, 3.8) is 0 Å². The van der Waals surface area contributed by atoms with E-state index in [0.717, 1.165) is 29.7 Å². The minimum absolute atomic E-state index is 0.0847. The molecule has 0 bridgehead atoms. The topological polar surface area (TPSA) is 84.9 Å². The number of hydrogen-bond acceptors (Lipinski definition) is 5. The van der Waals surface area contributed by atoms with Gasteiger partial charge in [0.15, 0.2) is 0 Å². The first-order valence-corrected chi connectivity index (χ1v) is 12.5. The Hall–Kier alpha value is -3.52. The molecule has 1 saturated heterocycles. The Balaban J connectivity index is 1.65. The van der Waals surface area contributed by atoms with Gasteiger partial charge in [-0.25, -0.2) is 8.42 Å². The van der Waals surface area contributed by atoms with Crippen molar-refractivity contribution < 1.29 is 22.7 Å². The van der Waals surface area contributed by atoms with E-state index in [1.807, 2.05) is 43.3 Å². The van der Waals surface area contributed by atoms with Crippen molar-refractivity contribution in [2.75, 3.05) is 25.5 Å². The lowest BCUT2D eigenvalue weighted by atomic mass is 10.0. The molecule has 7 nitrogen and oxygen atoms in total. The molecule has 1 unspecified atom stereocenters. The molecule has 0 spiro atoms. The molecule has 178 valence electrons. The summed E-state index contributed by atoms with van der Waals surface area (Å²) in [7, 11) is -0.970. The average molecular weight is 481 g/mol. The largest absolute Gasteiger partial charge is 0.497 e. The minimum Gasteiger partial charge on any atom is -0.497 e. The number of hydrogen-bond donors (Lipinski definition) is 1. The van der Waals surface area contributed by atoms with Crippen molar-refractivity contribution >= 4 is 21.6 Å². The van der Waals surface area contributed by atoms with Gasteiger partial charge >= 0.3 is 0 Å². The summed E-state index contributed by atoms with van der Waals surface area (Å²) in [6.45, 7) is 2.52. The molecular weight excluding hydrogens is 452 g/mol. The summed E-state index contributed by atoms with van der Waals surface area (Å²) < 4.78 is 39.6. The maximum Gasteiger partial charge on any atom is 0.265 e. The Kier molecular flexibility index (Phi) is 6.79. The van der Waals surface area contributed by atoms with Gasteiger partial charge in [-0.15, -0.1) is 0 Å². The Bertz CT molecular complexity index is 1290. The number of methoxy groups -OCH3 is 2. The first-order chi connectivity index (χ1) is 16.3. The molecule has 1 fully saturated rings. The number of benzene rings is 3. The Morgan fingerprint density at radius 2 is 1.76 bits per heavy atom. The third kappa shape index (κ3) is 4.87. The van der Waals surface area contributed by atoms with Crippen LogP contribution in [0.2, 0.25) is 0 Å². The normalized spacial score (nSPS) is 15.7. The zero-order chi connectivity index (χ0) is 24.3. The van der Waals surface area contributed by atoms with Gasteiger partial charge in [0, 0.05) is 17.8 Å². The molecule has 1 heterocycles. The lowest BCUT2D eigenvalue weighted by Gasteiger charge is -2.26. The molecule has 34 heavy (non-hydrogen) atoms. The first kappa shape index (κ1) is 23.6. The van der Waals surface area contributed by atoms with Crippen LogP contribution in [0.5, 0.6) is 11.5 Å². The van der Waals surface area contributed by atoms with Crippen LogP contribution in [-0.4, -0.2) is 40.0 Å². The van der Waals surface area contributed by atoms with Gasteiger partial charge in [0.05, 0.1) is 20.3 Å². The monoisotopic (exact) mass is 480 g/mol. The van der Waals surface area contributed by atoms with Gasteiger partial charge < -0.3 is 14.4 Å². The zero-order valence-corrected chi connectivity index (χ0v) is 20.3. The van der Waals surface area contributed by atoms with Gasteiger partial charge in [0.25, 0.3) is 15.9 Å². The van der Waals surface area contributed by atoms with Crippen LogP contribution in [0.4, 0.5) is 5.69 Å². The molecule has 3 aromatic rings. The third-order valence-corrected chi connectivity index (χ3v) is 7.40. The predicted octanol–water partition coefficient (Wildman–Crippen LogP) is 4.79. The highest BCUT2D eigenvalue weighted by Gasteiger charge is 2.32. The van der Waals surface area contributed by atoms with E-state index in [2.05, 4.69) is 4.72 Å². The van der Waals surface area contributed by atoms with Crippen LogP contribution < -0.4 is 14.2 Å². The van der Waals surface area contributed by atoms with E-state index in [0.29, 0.717) is 17.8 Å². The fourth-order valence-corrected chi connectivity index (χ4v) is 5.48. The van der Waals surface area contributed by atoms with E-state index in [4.69, 9.17) is 9.47 Å². The summed E-state index contributed by atoms with van der Waals surface area (Å²) >= 11 is 0. The van der Waals surface area contributed by atoms with E-state index in [1.54, 1.807) is 30.2 Å². The van der Waals surface area contributed by atoms with Crippen LogP contribution in [0.15, 0.2) is 71.6 Å². The lowest BCUT2D eigenvalue weighted by molar-refractivity contribution is 0.0735. The third-order valence-electron chi connectivity index (χ3n) is 6.00. The van der Waals surface area contributed by atoms with Gasteiger partial charge in [0.1, 0.15) is 16.4 Å². The summed E-state index contributed by atoms with van der Waals surface area (Å²) in [6.07, 6.45) is 1.69. The number of anilines is 1. The quantitative estimate of drug-likeness (QED) is 0.526. The number of sulfonamides is 1. The summed E-state index contributed by atoms with van der Waals surface area (Å²) in [6, 6.07) is 19.1. The molecule has 0 aliphatic carbocycles. The van der Waals surface area contributed by atoms with E-state index in [9.17, 15) is 13.2 Å². The Morgan fingerprint density at radius 3 is 2.47 bits per heavy atom. The van der Waals surface area contributed by atoms with E-state index in [1.165, 1.54) is 19.2 Å². The summed E-state index contributed by atoms with van der Waals surface area (Å²) in [4.78, 5) is 15.2. The van der Waals surface area contributed by atoms with Crippen molar-refractivity contribution in [1.29, 1.82) is 0 Å². The molecule has 1 N–H and O–H groups in total.